The van der Waals surface area contributed by atoms with Crippen molar-refractivity contribution < 1.29 is 4.79 Å². The molecule has 0 aliphatic carbocycles. The quantitative estimate of drug-likeness (QED) is 0.855. The van der Waals surface area contributed by atoms with Crippen LogP contribution < -0.4 is 5.32 Å². The fourth-order valence-corrected chi connectivity index (χ4v) is 1.56. The van der Waals surface area contributed by atoms with Gasteiger partial charge in [-0.15, -0.1) is 0 Å². The molecule has 1 aromatic rings. The van der Waals surface area contributed by atoms with E-state index in [1.807, 2.05) is 0 Å². The molecule has 1 aromatic heterocycles. The van der Waals surface area contributed by atoms with E-state index >= 15 is 0 Å². The van der Waals surface area contributed by atoms with Gasteiger partial charge in [-0.25, -0.2) is 4.98 Å². The predicted octanol–water partition coefficient (Wildman–Crippen LogP) is 2.62. The summed E-state index contributed by atoms with van der Waals surface area (Å²) in [5, 5.41) is 2.86. The molecule has 0 atom stereocenters. The zero-order valence-corrected chi connectivity index (χ0v) is 10.5. The Morgan fingerprint density at radius 2 is 2.33 bits per heavy atom. The Bertz CT molecular complexity index is 339. The highest BCUT2D eigenvalue weighted by Crippen LogP contribution is 2.12. The van der Waals surface area contributed by atoms with Crippen LogP contribution in [0, 0.1) is 5.92 Å². The lowest BCUT2D eigenvalue weighted by Gasteiger charge is -2.07. The SMILES string of the molecule is CC(C)CCNC(=O)c1cccnc1Br. The summed E-state index contributed by atoms with van der Waals surface area (Å²) < 4.78 is 0.590. The molecule has 15 heavy (non-hydrogen) atoms. The lowest BCUT2D eigenvalue weighted by molar-refractivity contribution is 0.0951. The number of pyridine rings is 1. The number of nitrogens with one attached hydrogen (secondary N) is 1. The average Bonchev–Trinajstić information content (AvgIpc) is 2.17. The van der Waals surface area contributed by atoms with Crippen LogP contribution >= 0.6 is 15.9 Å². The van der Waals surface area contributed by atoms with Crippen molar-refractivity contribution in [3.05, 3.63) is 28.5 Å². The van der Waals surface area contributed by atoms with Crippen molar-refractivity contribution in [1.29, 1.82) is 0 Å². The van der Waals surface area contributed by atoms with Crippen molar-refractivity contribution in [1.82, 2.24) is 10.3 Å². The standard InChI is InChI=1S/C11H15BrN2O/c1-8(2)5-7-14-11(15)9-4-3-6-13-10(9)12/h3-4,6,8H,5,7H2,1-2H3,(H,14,15). The van der Waals surface area contributed by atoms with Gasteiger partial charge in [0, 0.05) is 12.7 Å². The summed E-state index contributed by atoms with van der Waals surface area (Å²) in [7, 11) is 0. The van der Waals surface area contributed by atoms with Crippen LogP contribution in [0.25, 0.3) is 0 Å². The molecule has 1 N–H and O–H groups in total. The van der Waals surface area contributed by atoms with Gasteiger partial charge in [-0.05, 0) is 40.4 Å². The largest absolute Gasteiger partial charge is 0.352 e. The average molecular weight is 271 g/mol. The second kappa shape index (κ2) is 5.85. The van der Waals surface area contributed by atoms with E-state index in [-0.39, 0.29) is 5.91 Å². The molecule has 0 saturated heterocycles. The third-order valence-electron chi connectivity index (χ3n) is 2.01. The number of carbonyl (C=O) groups is 1. The summed E-state index contributed by atoms with van der Waals surface area (Å²) in [6.07, 6.45) is 2.64. The van der Waals surface area contributed by atoms with Crippen molar-refractivity contribution in [2.75, 3.05) is 6.54 Å². The van der Waals surface area contributed by atoms with E-state index in [4.69, 9.17) is 0 Å². The second-order valence-corrected chi connectivity index (χ2v) is 4.53. The minimum absolute atomic E-state index is 0.0735. The molecule has 0 bridgehead atoms. The number of aromatic nitrogens is 1. The van der Waals surface area contributed by atoms with Crippen LogP contribution in [0.1, 0.15) is 30.6 Å². The number of rotatable bonds is 4. The molecule has 0 fully saturated rings. The maximum Gasteiger partial charge on any atom is 0.254 e. The first-order valence-electron chi connectivity index (χ1n) is 5.00. The van der Waals surface area contributed by atoms with Crippen LogP contribution in [0.2, 0.25) is 0 Å². The number of nitrogens with zero attached hydrogens (tertiary/aromatic N) is 1. The molecule has 0 radical (unpaired) electrons. The van der Waals surface area contributed by atoms with Gasteiger partial charge in [0.1, 0.15) is 4.60 Å². The molecule has 0 saturated carbocycles. The Morgan fingerprint density at radius 1 is 1.60 bits per heavy atom. The van der Waals surface area contributed by atoms with Gasteiger partial charge in [-0.2, -0.15) is 0 Å². The van der Waals surface area contributed by atoms with Crippen LogP contribution in [0.4, 0.5) is 0 Å². The fourth-order valence-electron chi connectivity index (χ4n) is 1.13. The van der Waals surface area contributed by atoms with Crippen molar-refractivity contribution in [3.8, 4) is 0 Å². The number of amides is 1. The van der Waals surface area contributed by atoms with Crippen LogP contribution in [0.3, 0.4) is 0 Å². The monoisotopic (exact) mass is 270 g/mol. The fraction of sp³-hybridized carbons (Fsp3) is 0.455. The first kappa shape index (κ1) is 12.2. The molecule has 1 heterocycles. The number of hydrogen-bond donors (Lipinski definition) is 1. The molecule has 0 spiro atoms. The van der Waals surface area contributed by atoms with Gasteiger partial charge in [0.05, 0.1) is 5.56 Å². The Morgan fingerprint density at radius 3 is 2.93 bits per heavy atom. The summed E-state index contributed by atoms with van der Waals surface area (Å²) >= 11 is 3.25. The van der Waals surface area contributed by atoms with Gasteiger partial charge < -0.3 is 5.32 Å². The molecule has 0 unspecified atom stereocenters. The van der Waals surface area contributed by atoms with E-state index in [2.05, 4.69) is 40.1 Å². The first-order chi connectivity index (χ1) is 7.11. The van der Waals surface area contributed by atoms with Gasteiger partial charge in [0.15, 0.2) is 0 Å². The van der Waals surface area contributed by atoms with Crippen molar-refractivity contribution in [3.63, 3.8) is 0 Å². The van der Waals surface area contributed by atoms with Crippen LogP contribution in [-0.2, 0) is 0 Å². The summed E-state index contributed by atoms with van der Waals surface area (Å²) in [6, 6.07) is 3.50. The van der Waals surface area contributed by atoms with Crippen molar-refractivity contribution in [2.45, 2.75) is 20.3 Å². The molecule has 0 aliphatic heterocycles. The van der Waals surface area contributed by atoms with Gasteiger partial charge in [-0.3, -0.25) is 4.79 Å². The van der Waals surface area contributed by atoms with Gasteiger partial charge in [0.25, 0.3) is 5.91 Å². The second-order valence-electron chi connectivity index (χ2n) is 3.78. The summed E-state index contributed by atoms with van der Waals surface area (Å²) in [6.45, 7) is 4.97. The molecule has 1 amide bonds. The van der Waals surface area contributed by atoms with Crippen LogP contribution in [0.5, 0.6) is 0 Å². The number of hydrogen-bond acceptors (Lipinski definition) is 2. The minimum Gasteiger partial charge on any atom is -0.352 e. The Kier molecular flexibility index (Phi) is 4.75. The van der Waals surface area contributed by atoms with E-state index in [0.717, 1.165) is 6.42 Å². The normalized spacial score (nSPS) is 10.4. The molecule has 1 rings (SSSR count). The highest BCUT2D eigenvalue weighted by Gasteiger charge is 2.09. The van der Waals surface area contributed by atoms with Crippen LogP contribution in [0.15, 0.2) is 22.9 Å². The zero-order valence-electron chi connectivity index (χ0n) is 8.96. The Hall–Kier alpha value is -0.900. The number of halogens is 1. The summed E-state index contributed by atoms with van der Waals surface area (Å²) in [5.74, 6) is 0.526. The van der Waals surface area contributed by atoms with E-state index < -0.39 is 0 Å². The molecule has 82 valence electrons. The molecule has 4 heteroatoms. The van der Waals surface area contributed by atoms with Crippen LogP contribution in [-0.4, -0.2) is 17.4 Å². The molecular formula is C11H15BrN2O. The van der Waals surface area contributed by atoms with Gasteiger partial charge >= 0.3 is 0 Å². The Labute approximate surface area is 98.4 Å². The third kappa shape index (κ3) is 4.00. The summed E-state index contributed by atoms with van der Waals surface area (Å²) in [4.78, 5) is 15.7. The third-order valence-corrected chi connectivity index (χ3v) is 2.64. The smallest absolute Gasteiger partial charge is 0.254 e. The van der Waals surface area contributed by atoms with E-state index in [1.165, 1.54) is 0 Å². The van der Waals surface area contributed by atoms with Gasteiger partial charge in [0.2, 0.25) is 0 Å². The highest BCUT2D eigenvalue weighted by atomic mass is 79.9. The van der Waals surface area contributed by atoms with Gasteiger partial charge in [-0.1, -0.05) is 13.8 Å². The maximum atomic E-state index is 11.7. The van der Waals surface area contributed by atoms with E-state index in [9.17, 15) is 4.79 Å². The molecule has 0 aromatic carbocycles. The lowest BCUT2D eigenvalue weighted by Crippen LogP contribution is -2.25. The van der Waals surface area contributed by atoms with E-state index in [1.54, 1.807) is 18.3 Å². The van der Waals surface area contributed by atoms with Crippen molar-refractivity contribution >= 4 is 21.8 Å². The molecule has 0 aliphatic rings. The predicted molar refractivity (Wildman–Crippen MR) is 63.7 cm³/mol. The summed E-state index contributed by atoms with van der Waals surface area (Å²) in [5.41, 5.74) is 0.584. The molecule has 3 nitrogen and oxygen atoms in total. The first-order valence-corrected chi connectivity index (χ1v) is 5.79. The minimum atomic E-state index is -0.0735. The maximum absolute atomic E-state index is 11.7. The molecular weight excluding hydrogens is 256 g/mol. The van der Waals surface area contributed by atoms with Crippen molar-refractivity contribution in [2.24, 2.45) is 5.92 Å². The zero-order chi connectivity index (χ0) is 11.3. The lowest BCUT2D eigenvalue weighted by atomic mass is 10.1. The topological polar surface area (TPSA) is 42.0 Å². The van der Waals surface area contributed by atoms with E-state index in [0.29, 0.717) is 22.6 Å². The Balaban J connectivity index is 2.51. The highest BCUT2D eigenvalue weighted by molar-refractivity contribution is 9.10. The number of carbonyl (C=O) groups excluding carboxylic acids is 1.